The number of carbonyl (C=O) groups excluding carboxylic acids is 2. The van der Waals surface area contributed by atoms with Gasteiger partial charge in [-0.2, -0.15) is 0 Å². The highest BCUT2D eigenvalue weighted by Gasteiger charge is 2.15. The van der Waals surface area contributed by atoms with E-state index in [2.05, 4.69) is 5.32 Å². The van der Waals surface area contributed by atoms with Crippen molar-refractivity contribution < 1.29 is 14.3 Å². The number of hydrogen-bond acceptors (Lipinski definition) is 4. The third kappa shape index (κ3) is 4.86. The van der Waals surface area contributed by atoms with Gasteiger partial charge in [-0.1, -0.05) is 6.07 Å². The Labute approximate surface area is 106 Å². The van der Waals surface area contributed by atoms with Gasteiger partial charge in [0.25, 0.3) is 0 Å². The summed E-state index contributed by atoms with van der Waals surface area (Å²) < 4.78 is 5.14. The molecule has 0 aliphatic carbocycles. The van der Waals surface area contributed by atoms with Crippen LogP contribution in [0.25, 0.3) is 0 Å². The molecule has 18 heavy (non-hydrogen) atoms. The van der Waals surface area contributed by atoms with Crippen LogP contribution in [0.3, 0.4) is 0 Å². The van der Waals surface area contributed by atoms with E-state index >= 15 is 0 Å². The maximum absolute atomic E-state index is 11.5. The van der Waals surface area contributed by atoms with Crippen LogP contribution in [0.4, 0.5) is 5.69 Å². The molecule has 0 radical (unpaired) electrons. The van der Waals surface area contributed by atoms with Crippen LogP contribution in [-0.4, -0.2) is 24.0 Å². The van der Waals surface area contributed by atoms with Gasteiger partial charge in [-0.3, -0.25) is 9.59 Å². The van der Waals surface area contributed by atoms with Gasteiger partial charge in [0.1, 0.15) is 12.1 Å². The largest absolute Gasteiger partial charge is 0.459 e. The topological polar surface area (TPSA) is 81.4 Å². The van der Waals surface area contributed by atoms with Crippen LogP contribution in [0.15, 0.2) is 24.3 Å². The summed E-state index contributed by atoms with van der Waals surface area (Å²) in [4.78, 5) is 22.5. The third-order valence-corrected chi connectivity index (χ3v) is 2.00. The van der Waals surface area contributed by atoms with Crippen molar-refractivity contribution in [2.75, 3.05) is 11.9 Å². The van der Waals surface area contributed by atoms with E-state index in [0.717, 1.165) is 0 Å². The van der Waals surface area contributed by atoms with Crippen LogP contribution < -0.4 is 11.1 Å². The quantitative estimate of drug-likeness (QED) is 0.794. The first-order chi connectivity index (χ1) is 8.28. The summed E-state index contributed by atoms with van der Waals surface area (Å²) in [6.45, 7) is 5.45. The van der Waals surface area contributed by atoms with Gasteiger partial charge < -0.3 is 15.8 Å². The van der Waals surface area contributed by atoms with Gasteiger partial charge in [0.05, 0.1) is 0 Å². The van der Waals surface area contributed by atoms with Crippen molar-refractivity contribution in [3.63, 3.8) is 0 Å². The predicted octanol–water partition coefficient (Wildman–Crippen LogP) is 1.54. The van der Waals surface area contributed by atoms with Gasteiger partial charge in [-0.25, -0.2) is 0 Å². The number of hydrogen-bond donors (Lipinski definition) is 2. The maximum atomic E-state index is 11.5. The standard InChI is InChI=1S/C13H18N2O3/c1-13(2,3)18-11(16)8-15-10-6-4-5-9(7-10)12(14)17/h4-7,15H,8H2,1-3H3,(H2,14,17). The Kier molecular flexibility index (Phi) is 4.31. The fraction of sp³-hybridized carbons (Fsp3) is 0.385. The fourth-order valence-electron chi connectivity index (χ4n) is 1.33. The Morgan fingerprint density at radius 2 is 2.00 bits per heavy atom. The number of carbonyl (C=O) groups is 2. The smallest absolute Gasteiger partial charge is 0.325 e. The van der Waals surface area contributed by atoms with Crippen molar-refractivity contribution in [2.45, 2.75) is 26.4 Å². The number of nitrogens with one attached hydrogen (secondary N) is 1. The Morgan fingerprint density at radius 3 is 2.56 bits per heavy atom. The molecule has 0 aromatic heterocycles. The van der Waals surface area contributed by atoms with Crippen molar-refractivity contribution in [3.8, 4) is 0 Å². The molecule has 98 valence electrons. The Bertz CT molecular complexity index is 450. The summed E-state index contributed by atoms with van der Waals surface area (Å²) in [6.07, 6.45) is 0. The molecule has 0 saturated heterocycles. The number of amides is 1. The average Bonchev–Trinajstić information content (AvgIpc) is 2.24. The lowest BCUT2D eigenvalue weighted by atomic mass is 10.2. The van der Waals surface area contributed by atoms with Crippen molar-refractivity contribution >= 4 is 17.6 Å². The minimum atomic E-state index is -0.506. The molecule has 1 rings (SSSR count). The van der Waals surface area contributed by atoms with Crippen molar-refractivity contribution in [2.24, 2.45) is 5.73 Å². The molecule has 5 heteroatoms. The maximum Gasteiger partial charge on any atom is 0.325 e. The summed E-state index contributed by atoms with van der Waals surface area (Å²) >= 11 is 0. The molecule has 5 nitrogen and oxygen atoms in total. The zero-order chi connectivity index (χ0) is 13.8. The second-order valence-corrected chi connectivity index (χ2v) is 4.89. The molecule has 0 spiro atoms. The highest BCUT2D eigenvalue weighted by molar-refractivity contribution is 5.93. The van der Waals surface area contributed by atoms with E-state index in [9.17, 15) is 9.59 Å². The first-order valence-electron chi connectivity index (χ1n) is 5.63. The summed E-state index contributed by atoms with van der Waals surface area (Å²) in [5.41, 5.74) is 5.70. The summed E-state index contributed by atoms with van der Waals surface area (Å²) in [7, 11) is 0. The SMILES string of the molecule is CC(C)(C)OC(=O)CNc1cccc(C(N)=O)c1. The molecule has 0 atom stereocenters. The molecule has 1 aromatic carbocycles. The molecule has 0 unspecified atom stereocenters. The average molecular weight is 250 g/mol. The van der Waals surface area contributed by atoms with Gasteiger partial charge >= 0.3 is 5.97 Å². The van der Waals surface area contributed by atoms with E-state index in [1.54, 1.807) is 45.0 Å². The lowest BCUT2D eigenvalue weighted by Gasteiger charge is -2.19. The highest BCUT2D eigenvalue weighted by atomic mass is 16.6. The van der Waals surface area contributed by atoms with E-state index in [0.29, 0.717) is 11.3 Å². The Balaban J connectivity index is 2.56. The van der Waals surface area contributed by atoms with Crippen molar-refractivity contribution in [3.05, 3.63) is 29.8 Å². The minimum Gasteiger partial charge on any atom is -0.459 e. The first kappa shape index (κ1) is 14.0. The van der Waals surface area contributed by atoms with Gasteiger partial charge in [-0.05, 0) is 39.0 Å². The van der Waals surface area contributed by atoms with E-state index < -0.39 is 11.5 Å². The second-order valence-electron chi connectivity index (χ2n) is 4.89. The Hall–Kier alpha value is -2.04. The minimum absolute atomic E-state index is 0.0412. The number of primary amides is 1. The molecule has 0 aliphatic rings. The van der Waals surface area contributed by atoms with E-state index in [1.807, 2.05) is 0 Å². The molecule has 3 N–H and O–H groups in total. The first-order valence-corrected chi connectivity index (χ1v) is 5.63. The lowest BCUT2D eigenvalue weighted by molar-refractivity contribution is -0.152. The van der Waals surface area contributed by atoms with Crippen LogP contribution in [0.2, 0.25) is 0 Å². The number of nitrogens with two attached hydrogens (primary N) is 1. The molecule has 0 saturated carbocycles. The van der Waals surface area contributed by atoms with E-state index in [-0.39, 0.29) is 12.5 Å². The fourth-order valence-corrected chi connectivity index (χ4v) is 1.33. The van der Waals surface area contributed by atoms with Gasteiger partial charge in [0.15, 0.2) is 0 Å². The van der Waals surface area contributed by atoms with Crippen LogP contribution in [0.5, 0.6) is 0 Å². The molecular weight excluding hydrogens is 232 g/mol. The normalized spacial score (nSPS) is 10.8. The zero-order valence-electron chi connectivity index (χ0n) is 10.8. The molecule has 0 heterocycles. The Morgan fingerprint density at radius 1 is 1.33 bits per heavy atom. The molecule has 0 bridgehead atoms. The predicted molar refractivity (Wildman–Crippen MR) is 69.3 cm³/mol. The van der Waals surface area contributed by atoms with Crippen molar-refractivity contribution in [1.29, 1.82) is 0 Å². The number of ether oxygens (including phenoxy) is 1. The number of benzene rings is 1. The van der Waals surface area contributed by atoms with Gasteiger partial charge in [0, 0.05) is 11.3 Å². The summed E-state index contributed by atoms with van der Waals surface area (Å²) in [6, 6.07) is 6.64. The van der Waals surface area contributed by atoms with Gasteiger partial charge in [0.2, 0.25) is 5.91 Å². The monoisotopic (exact) mass is 250 g/mol. The molecule has 1 aromatic rings. The summed E-state index contributed by atoms with van der Waals surface area (Å²) in [5, 5.41) is 2.88. The molecule has 1 amide bonds. The van der Waals surface area contributed by atoms with Crippen LogP contribution in [0, 0.1) is 0 Å². The molecule has 0 fully saturated rings. The van der Waals surface area contributed by atoms with Crippen LogP contribution >= 0.6 is 0 Å². The summed E-state index contributed by atoms with van der Waals surface area (Å²) in [5.74, 6) is -0.858. The van der Waals surface area contributed by atoms with Crippen LogP contribution in [0.1, 0.15) is 31.1 Å². The van der Waals surface area contributed by atoms with Crippen LogP contribution in [-0.2, 0) is 9.53 Å². The van der Waals surface area contributed by atoms with E-state index in [4.69, 9.17) is 10.5 Å². The van der Waals surface area contributed by atoms with Crippen molar-refractivity contribution in [1.82, 2.24) is 0 Å². The molecular formula is C13H18N2O3. The number of anilines is 1. The number of rotatable bonds is 4. The zero-order valence-corrected chi connectivity index (χ0v) is 10.8. The molecule has 0 aliphatic heterocycles. The lowest BCUT2D eigenvalue weighted by Crippen LogP contribution is -2.28. The second kappa shape index (κ2) is 5.53. The third-order valence-electron chi connectivity index (χ3n) is 2.00. The van der Waals surface area contributed by atoms with Gasteiger partial charge in [-0.15, -0.1) is 0 Å². The van der Waals surface area contributed by atoms with E-state index in [1.165, 1.54) is 0 Å². The highest BCUT2D eigenvalue weighted by Crippen LogP contribution is 2.11. The number of esters is 1.